The number of nitrogens with one attached hydrogen (secondary N) is 1. The molecule has 0 saturated carbocycles. The van der Waals surface area contributed by atoms with Gasteiger partial charge in [0.1, 0.15) is 0 Å². The maximum atomic E-state index is 10.2. The average molecular weight is 137 g/mol. The fourth-order valence-electron chi connectivity index (χ4n) is 0.246. The zero-order valence-corrected chi connectivity index (χ0v) is 5.31. The van der Waals surface area contributed by atoms with Gasteiger partial charge in [0.2, 0.25) is 5.91 Å². The molecule has 0 aliphatic rings. The number of hydrogen-bond acceptors (Lipinski definition) is 2. The third-order valence-electron chi connectivity index (χ3n) is 0.332. The van der Waals surface area contributed by atoms with E-state index in [1.54, 1.807) is 0 Å². The zero-order valence-electron chi connectivity index (χ0n) is 4.42. The van der Waals surface area contributed by atoms with Gasteiger partial charge < -0.3 is 0 Å². The van der Waals surface area contributed by atoms with Crippen LogP contribution in [-0.2, 0) is 9.36 Å². The van der Waals surface area contributed by atoms with Gasteiger partial charge in [-0.3, -0.25) is 25.5 Å². The van der Waals surface area contributed by atoms with E-state index in [9.17, 15) is 9.36 Å². The van der Waals surface area contributed by atoms with E-state index in [4.69, 9.17) is 11.0 Å². The Bertz CT molecular complexity index is 138. The highest BCUT2D eigenvalue weighted by Crippen LogP contribution is 2.15. The summed E-state index contributed by atoms with van der Waals surface area (Å²) < 4.78 is 10.2. The molecule has 5 nitrogen and oxygen atoms in total. The molecule has 6 heteroatoms. The molecular formula is C2H8N3O2P. The van der Waals surface area contributed by atoms with Crippen LogP contribution in [0.1, 0.15) is 6.92 Å². The van der Waals surface area contributed by atoms with Gasteiger partial charge in [-0.1, -0.05) is 0 Å². The lowest BCUT2D eigenvalue weighted by Gasteiger charge is -2.03. The summed E-state index contributed by atoms with van der Waals surface area (Å²) in [6, 6.07) is 0. The maximum absolute atomic E-state index is 10.2. The van der Waals surface area contributed by atoms with E-state index in [1.807, 2.05) is 5.09 Å². The summed E-state index contributed by atoms with van der Waals surface area (Å²) in [4.78, 5) is 10.0. The molecule has 0 saturated heterocycles. The molecule has 1 amide bonds. The van der Waals surface area contributed by atoms with Gasteiger partial charge in [0.25, 0.3) is 7.59 Å². The highest BCUT2D eigenvalue weighted by atomic mass is 31.2. The van der Waals surface area contributed by atoms with Crippen molar-refractivity contribution < 1.29 is 9.36 Å². The van der Waals surface area contributed by atoms with Gasteiger partial charge in [-0.25, -0.2) is 0 Å². The Hall–Kier alpha value is -0.380. The first-order valence-electron chi connectivity index (χ1n) is 1.88. The van der Waals surface area contributed by atoms with Crippen molar-refractivity contribution in [3.63, 3.8) is 0 Å². The Labute approximate surface area is 47.0 Å². The molecule has 0 aromatic rings. The van der Waals surface area contributed by atoms with Gasteiger partial charge in [0, 0.05) is 6.92 Å². The van der Waals surface area contributed by atoms with Gasteiger partial charge in [-0.2, -0.15) is 0 Å². The van der Waals surface area contributed by atoms with Crippen molar-refractivity contribution in [1.29, 1.82) is 0 Å². The summed E-state index contributed by atoms with van der Waals surface area (Å²) in [5, 5.41) is 1.85. The molecule has 0 unspecified atom stereocenters. The SMILES string of the molecule is CC(=O)NP(N)(N)=O. The maximum Gasteiger partial charge on any atom is 0.300 e. The Morgan fingerprint density at radius 2 is 2.00 bits per heavy atom. The second kappa shape index (κ2) is 2.26. The Morgan fingerprint density at radius 1 is 1.62 bits per heavy atom. The van der Waals surface area contributed by atoms with Crippen LogP contribution in [0, 0.1) is 0 Å². The summed E-state index contributed by atoms with van der Waals surface area (Å²) in [7, 11) is -3.32. The molecule has 0 spiro atoms. The first-order valence-corrected chi connectivity index (χ1v) is 3.72. The number of carbonyl (C=O) groups is 1. The molecule has 5 N–H and O–H groups in total. The van der Waals surface area contributed by atoms with Crippen molar-refractivity contribution in [3.8, 4) is 0 Å². The number of amides is 1. The molecular weight excluding hydrogens is 129 g/mol. The van der Waals surface area contributed by atoms with E-state index in [1.165, 1.54) is 6.92 Å². The molecule has 0 rings (SSSR count). The third kappa shape index (κ3) is 5.62. The van der Waals surface area contributed by atoms with Crippen LogP contribution in [0.5, 0.6) is 0 Å². The van der Waals surface area contributed by atoms with Gasteiger partial charge in [0.05, 0.1) is 0 Å². The van der Waals surface area contributed by atoms with Crippen LogP contribution >= 0.6 is 7.59 Å². The van der Waals surface area contributed by atoms with Gasteiger partial charge in [-0.05, 0) is 0 Å². The van der Waals surface area contributed by atoms with Crippen molar-refractivity contribution in [2.75, 3.05) is 0 Å². The lowest BCUT2D eigenvalue weighted by atomic mass is 10.8. The minimum absolute atomic E-state index is 0.488. The van der Waals surface area contributed by atoms with E-state index in [2.05, 4.69) is 0 Å². The number of nitrogens with two attached hydrogens (primary N) is 2. The predicted molar refractivity (Wildman–Crippen MR) is 29.8 cm³/mol. The Kier molecular flexibility index (Phi) is 2.15. The first kappa shape index (κ1) is 7.62. The molecule has 0 radical (unpaired) electrons. The van der Waals surface area contributed by atoms with Crippen LogP contribution in [-0.4, -0.2) is 5.91 Å². The summed E-state index contributed by atoms with van der Waals surface area (Å²) in [5.41, 5.74) is 9.48. The molecule has 0 aromatic heterocycles. The van der Waals surface area contributed by atoms with E-state index in [0.29, 0.717) is 0 Å². The number of rotatable bonds is 1. The summed E-state index contributed by atoms with van der Waals surface area (Å²) in [5.74, 6) is -0.488. The van der Waals surface area contributed by atoms with E-state index in [0.717, 1.165) is 0 Å². The highest BCUT2D eigenvalue weighted by Gasteiger charge is 2.07. The summed E-state index contributed by atoms with van der Waals surface area (Å²) >= 11 is 0. The van der Waals surface area contributed by atoms with Crippen LogP contribution in [0.15, 0.2) is 0 Å². The van der Waals surface area contributed by atoms with Crippen LogP contribution in [0.2, 0.25) is 0 Å². The normalized spacial score (nSPS) is 10.9. The van der Waals surface area contributed by atoms with Crippen molar-refractivity contribution in [3.05, 3.63) is 0 Å². The third-order valence-corrected chi connectivity index (χ3v) is 0.997. The quantitative estimate of drug-likeness (QED) is 0.410. The van der Waals surface area contributed by atoms with E-state index in [-0.39, 0.29) is 0 Å². The van der Waals surface area contributed by atoms with Crippen molar-refractivity contribution in [1.82, 2.24) is 5.09 Å². The van der Waals surface area contributed by atoms with Crippen molar-refractivity contribution >= 4 is 13.5 Å². The fourth-order valence-corrected chi connectivity index (χ4v) is 0.738. The molecule has 0 aliphatic heterocycles. The largest absolute Gasteiger partial charge is 0.300 e. The molecule has 0 fully saturated rings. The molecule has 8 heavy (non-hydrogen) atoms. The summed E-state index contributed by atoms with van der Waals surface area (Å²) in [6.07, 6.45) is 0. The average Bonchev–Trinajstić information content (AvgIpc) is 1.21. The second-order valence-electron chi connectivity index (χ2n) is 1.38. The van der Waals surface area contributed by atoms with E-state index >= 15 is 0 Å². The Balaban J connectivity index is 3.74. The van der Waals surface area contributed by atoms with E-state index < -0.39 is 13.5 Å². The van der Waals surface area contributed by atoms with Crippen molar-refractivity contribution in [2.24, 2.45) is 11.0 Å². The van der Waals surface area contributed by atoms with Gasteiger partial charge >= 0.3 is 0 Å². The van der Waals surface area contributed by atoms with Crippen LogP contribution in [0.4, 0.5) is 0 Å². The molecule has 0 bridgehead atoms. The zero-order chi connectivity index (χ0) is 6.78. The molecule has 0 heterocycles. The number of carbonyl (C=O) groups excluding carboxylic acids is 1. The fraction of sp³-hybridized carbons (Fsp3) is 0.500. The number of hydrogen-bond donors (Lipinski definition) is 3. The monoisotopic (exact) mass is 137 g/mol. The van der Waals surface area contributed by atoms with Crippen molar-refractivity contribution in [2.45, 2.75) is 6.92 Å². The standard InChI is InChI=1S/C2H8N3O2P/c1-2(6)5-8(3,4)7/h1H3,(H5,3,4,5,6,7). The lowest BCUT2D eigenvalue weighted by molar-refractivity contribution is -0.117. The first-order chi connectivity index (χ1) is 3.42. The Morgan fingerprint density at radius 3 is 2.00 bits per heavy atom. The topological polar surface area (TPSA) is 98.2 Å². The van der Waals surface area contributed by atoms with Crippen LogP contribution in [0.25, 0.3) is 0 Å². The molecule has 0 aliphatic carbocycles. The smallest absolute Gasteiger partial charge is 0.284 e. The highest BCUT2D eigenvalue weighted by molar-refractivity contribution is 7.57. The lowest BCUT2D eigenvalue weighted by Crippen LogP contribution is -2.25. The minimum atomic E-state index is -3.32. The summed E-state index contributed by atoms with van der Waals surface area (Å²) in [6.45, 7) is 1.19. The molecule has 0 aromatic carbocycles. The van der Waals surface area contributed by atoms with Crippen LogP contribution < -0.4 is 16.1 Å². The molecule has 0 atom stereocenters. The molecule has 48 valence electrons. The van der Waals surface area contributed by atoms with Crippen LogP contribution in [0.3, 0.4) is 0 Å². The predicted octanol–water partition coefficient (Wildman–Crippen LogP) is -0.852. The second-order valence-corrected chi connectivity index (χ2v) is 3.02. The minimum Gasteiger partial charge on any atom is -0.284 e. The van der Waals surface area contributed by atoms with Gasteiger partial charge in [0.15, 0.2) is 0 Å². The van der Waals surface area contributed by atoms with Gasteiger partial charge in [-0.15, -0.1) is 0 Å².